The average Bonchev–Trinajstić information content (AvgIpc) is 2.58. The number of nitrogens with zero attached hydrogens (tertiary/aromatic N) is 1. The largest absolute Gasteiger partial charge is 0.356 e. The smallest absolute Gasteiger partial charge is 0.232 e. The van der Waals surface area contributed by atoms with Crippen LogP contribution in [0, 0.1) is 11.6 Å². The third-order valence-electron chi connectivity index (χ3n) is 4.29. The molecule has 0 unspecified atom stereocenters. The van der Waals surface area contributed by atoms with Gasteiger partial charge in [-0.3, -0.25) is 9.10 Å². The van der Waals surface area contributed by atoms with E-state index in [2.05, 4.69) is 11.4 Å². The summed E-state index contributed by atoms with van der Waals surface area (Å²) in [6.45, 7) is 0.368. The van der Waals surface area contributed by atoms with Gasteiger partial charge < -0.3 is 5.32 Å². The predicted octanol–water partition coefficient (Wildman–Crippen LogP) is 3.13. The van der Waals surface area contributed by atoms with Crippen molar-refractivity contribution in [1.29, 1.82) is 0 Å². The van der Waals surface area contributed by atoms with Crippen LogP contribution in [0.1, 0.15) is 38.5 Å². The van der Waals surface area contributed by atoms with Gasteiger partial charge in [0, 0.05) is 25.6 Å². The Hall–Kier alpha value is -1.96. The minimum atomic E-state index is -3.73. The first-order valence-electron chi connectivity index (χ1n) is 8.65. The molecule has 0 heterocycles. The zero-order chi connectivity index (χ0) is 19.2. The van der Waals surface area contributed by atoms with Crippen molar-refractivity contribution in [3.8, 4) is 0 Å². The highest BCUT2D eigenvalue weighted by molar-refractivity contribution is 7.92. The number of amides is 1. The molecule has 1 aromatic rings. The van der Waals surface area contributed by atoms with E-state index >= 15 is 0 Å². The molecule has 1 aliphatic rings. The molecule has 0 spiro atoms. The molecule has 0 aliphatic heterocycles. The summed E-state index contributed by atoms with van der Waals surface area (Å²) < 4.78 is 51.2. The van der Waals surface area contributed by atoms with Crippen LogP contribution in [-0.2, 0) is 14.8 Å². The van der Waals surface area contributed by atoms with Crippen molar-refractivity contribution in [2.45, 2.75) is 38.5 Å². The van der Waals surface area contributed by atoms with Gasteiger partial charge in [-0.15, -0.1) is 0 Å². The van der Waals surface area contributed by atoms with E-state index in [9.17, 15) is 22.0 Å². The Kier molecular flexibility index (Phi) is 7.14. The fourth-order valence-electron chi connectivity index (χ4n) is 2.91. The molecule has 0 saturated carbocycles. The molecule has 5 nitrogen and oxygen atoms in total. The van der Waals surface area contributed by atoms with Crippen molar-refractivity contribution in [1.82, 2.24) is 5.32 Å². The molecule has 144 valence electrons. The molecule has 1 N–H and O–H groups in total. The molecule has 1 amide bonds. The number of carbonyl (C=O) groups excluding carboxylic acids is 1. The number of hydrogen-bond acceptors (Lipinski definition) is 3. The molecule has 26 heavy (non-hydrogen) atoms. The van der Waals surface area contributed by atoms with Gasteiger partial charge >= 0.3 is 0 Å². The second-order valence-electron chi connectivity index (χ2n) is 6.39. The Morgan fingerprint density at radius 1 is 1.23 bits per heavy atom. The molecule has 8 heteroatoms. The average molecular weight is 386 g/mol. The maximum Gasteiger partial charge on any atom is 0.232 e. The molecule has 2 rings (SSSR count). The summed E-state index contributed by atoms with van der Waals surface area (Å²) in [6.07, 6.45) is 8.44. The fraction of sp³-hybridized carbons (Fsp3) is 0.500. The van der Waals surface area contributed by atoms with Crippen molar-refractivity contribution in [2.24, 2.45) is 0 Å². The molecule has 0 radical (unpaired) electrons. The van der Waals surface area contributed by atoms with E-state index in [0.717, 1.165) is 42.0 Å². The monoisotopic (exact) mass is 386 g/mol. The normalized spacial score (nSPS) is 14.7. The van der Waals surface area contributed by atoms with E-state index in [1.165, 1.54) is 24.5 Å². The number of hydrogen-bond donors (Lipinski definition) is 1. The van der Waals surface area contributed by atoms with Crippen LogP contribution in [0.25, 0.3) is 0 Å². The minimum Gasteiger partial charge on any atom is -0.356 e. The van der Waals surface area contributed by atoms with Gasteiger partial charge in [0.05, 0.1) is 11.9 Å². The Morgan fingerprint density at radius 2 is 2.00 bits per heavy atom. The van der Waals surface area contributed by atoms with Gasteiger partial charge in [-0.1, -0.05) is 11.6 Å². The van der Waals surface area contributed by atoms with E-state index in [-0.39, 0.29) is 24.6 Å². The van der Waals surface area contributed by atoms with Crippen LogP contribution in [0.3, 0.4) is 0 Å². The number of rotatable bonds is 8. The van der Waals surface area contributed by atoms with Crippen LogP contribution in [0.5, 0.6) is 0 Å². The summed E-state index contributed by atoms with van der Waals surface area (Å²) in [7, 11) is -3.73. The number of carbonyl (C=O) groups is 1. The van der Waals surface area contributed by atoms with Crippen LogP contribution in [-0.4, -0.2) is 33.7 Å². The molecular weight excluding hydrogens is 362 g/mol. The zero-order valence-electron chi connectivity index (χ0n) is 14.8. The quantitative estimate of drug-likeness (QED) is 0.698. The Bertz CT molecular complexity index is 779. The Balaban J connectivity index is 1.89. The summed E-state index contributed by atoms with van der Waals surface area (Å²) in [5.74, 6) is -2.48. The van der Waals surface area contributed by atoms with Crippen LogP contribution in [0.15, 0.2) is 29.8 Å². The third-order valence-corrected chi connectivity index (χ3v) is 5.48. The molecule has 1 aliphatic carbocycles. The van der Waals surface area contributed by atoms with Crippen molar-refractivity contribution in [3.05, 3.63) is 41.5 Å². The highest BCUT2D eigenvalue weighted by Crippen LogP contribution is 2.21. The van der Waals surface area contributed by atoms with Crippen LogP contribution in [0.2, 0.25) is 0 Å². The summed E-state index contributed by atoms with van der Waals surface area (Å²) in [5.41, 5.74) is 1.34. The van der Waals surface area contributed by atoms with Gasteiger partial charge in [0.1, 0.15) is 0 Å². The number of benzene rings is 1. The van der Waals surface area contributed by atoms with Crippen molar-refractivity contribution in [2.75, 3.05) is 23.7 Å². The first-order chi connectivity index (χ1) is 12.3. The lowest BCUT2D eigenvalue weighted by atomic mass is 9.97. The maximum atomic E-state index is 13.4. The number of anilines is 1. The van der Waals surface area contributed by atoms with E-state index in [1.54, 1.807) is 0 Å². The molecule has 1 aromatic carbocycles. The predicted molar refractivity (Wildman–Crippen MR) is 97.3 cm³/mol. The minimum absolute atomic E-state index is 0.00781. The second-order valence-corrected chi connectivity index (χ2v) is 8.30. The lowest BCUT2D eigenvalue weighted by Crippen LogP contribution is -2.35. The van der Waals surface area contributed by atoms with Gasteiger partial charge in [-0.25, -0.2) is 17.2 Å². The molecule has 0 fully saturated rings. The fourth-order valence-corrected chi connectivity index (χ4v) is 3.83. The van der Waals surface area contributed by atoms with Gasteiger partial charge in [0.2, 0.25) is 15.9 Å². The van der Waals surface area contributed by atoms with Crippen molar-refractivity contribution in [3.63, 3.8) is 0 Å². The van der Waals surface area contributed by atoms with E-state index < -0.39 is 21.7 Å². The standard InChI is InChI=1S/C18H24F2N2O3S/c1-26(24,25)22(15-7-8-16(19)17(20)13-15)12-10-18(23)21-11-9-14-5-3-2-4-6-14/h5,7-8,13H,2-4,6,9-12H2,1H3,(H,21,23). The summed E-state index contributed by atoms with van der Waals surface area (Å²) in [4.78, 5) is 12.0. The highest BCUT2D eigenvalue weighted by atomic mass is 32.2. The van der Waals surface area contributed by atoms with Crippen LogP contribution < -0.4 is 9.62 Å². The SMILES string of the molecule is CS(=O)(=O)N(CCC(=O)NCCC1=CCCCC1)c1ccc(F)c(F)c1. The van der Waals surface area contributed by atoms with Crippen molar-refractivity contribution >= 4 is 21.6 Å². The van der Waals surface area contributed by atoms with E-state index in [1.807, 2.05) is 0 Å². The zero-order valence-corrected chi connectivity index (χ0v) is 15.6. The topological polar surface area (TPSA) is 66.5 Å². The molecule has 0 atom stereocenters. The van der Waals surface area contributed by atoms with E-state index in [4.69, 9.17) is 0 Å². The maximum absolute atomic E-state index is 13.4. The number of sulfonamides is 1. The van der Waals surface area contributed by atoms with Crippen LogP contribution in [0.4, 0.5) is 14.5 Å². The van der Waals surface area contributed by atoms with Crippen LogP contribution >= 0.6 is 0 Å². The second kappa shape index (κ2) is 9.12. The van der Waals surface area contributed by atoms with Gasteiger partial charge in [-0.05, 0) is 44.2 Å². The highest BCUT2D eigenvalue weighted by Gasteiger charge is 2.20. The number of nitrogens with one attached hydrogen (secondary N) is 1. The lowest BCUT2D eigenvalue weighted by Gasteiger charge is -2.22. The molecule has 0 bridgehead atoms. The summed E-state index contributed by atoms with van der Waals surface area (Å²) in [6, 6.07) is 2.84. The first-order valence-corrected chi connectivity index (χ1v) is 10.5. The van der Waals surface area contributed by atoms with Crippen molar-refractivity contribution < 1.29 is 22.0 Å². The Labute approximate surface area is 153 Å². The van der Waals surface area contributed by atoms with Gasteiger partial charge in [0.25, 0.3) is 0 Å². The Morgan fingerprint density at radius 3 is 2.62 bits per heavy atom. The first kappa shape index (κ1) is 20.4. The summed E-state index contributed by atoms with van der Waals surface area (Å²) in [5, 5.41) is 2.77. The van der Waals surface area contributed by atoms with Gasteiger partial charge in [0.15, 0.2) is 11.6 Å². The third kappa shape index (κ3) is 6.09. The molecular formula is C18H24F2N2O3S. The van der Waals surface area contributed by atoms with Gasteiger partial charge in [-0.2, -0.15) is 0 Å². The molecule has 0 aromatic heterocycles. The number of allylic oxidation sites excluding steroid dienone is 1. The van der Waals surface area contributed by atoms with E-state index in [0.29, 0.717) is 6.54 Å². The summed E-state index contributed by atoms with van der Waals surface area (Å²) >= 11 is 0. The lowest BCUT2D eigenvalue weighted by molar-refractivity contribution is -0.120. The number of halogens is 2. The molecule has 0 saturated heterocycles.